The summed E-state index contributed by atoms with van der Waals surface area (Å²) < 4.78 is 5.67. The van der Waals surface area contributed by atoms with Gasteiger partial charge in [0.2, 0.25) is 0 Å². The Labute approximate surface area is 116 Å². The number of aryl methyl sites for hydroxylation is 1. The predicted molar refractivity (Wildman–Crippen MR) is 79.1 cm³/mol. The fourth-order valence-electron chi connectivity index (χ4n) is 2.91. The molecule has 3 heteroatoms. The third-order valence-electron chi connectivity index (χ3n) is 4.35. The van der Waals surface area contributed by atoms with Crippen molar-refractivity contribution < 1.29 is 4.74 Å². The molecule has 0 spiro atoms. The lowest BCUT2D eigenvalue weighted by Gasteiger charge is -2.52. The number of nitrogens with zero attached hydrogens (tertiary/aromatic N) is 1. The number of hydrogen-bond acceptors (Lipinski definition) is 3. The molecule has 1 aromatic rings. The molecule has 1 aliphatic carbocycles. The molecule has 0 radical (unpaired) electrons. The predicted octanol–water partition coefficient (Wildman–Crippen LogP) is 2.32. The lowest BCUT2D eigenvalue weighted by atomic mass is 9.73. The van der Waals surface area contributed by atoms with Gasteiger partial charge in [0.15, 0.2) is 0 Å². The lowest BCUT2D eigenvalue weighted by molar-refractivity contribution is -0.0947. The Morgan fingerprint density at radius 1 is 1.32 bits per heavy atom. The van der Waals surface area contributed by atoms with Gasteiger partial charge in [-0.25, -0.2) is 0 Å². The number of ether oxygens (including phenoxy) is 1. The highest BCUT2D eigenvalue weighted by Gasteiger charge is 2.46. The molecular weight excluding hydrogens is 236 g/mol. The molecule has 0 unspecified atom stereocenters. The summed E-state index contributed by atoms with van der Waals surface area (Å²) in [6.45, 7) is 6.63. The molecule has 0 amide bonds. The van der Waals surface area contributed by atoms with Crippen molar-refractivity contribution in [2.45, 2.75) is 44.9 Å². The second-order valence-corrected chi connectivity index (χ2v) is 5.76. The van der Waals surface area contributed by atoms with Crippen LogP contribution in [-0.4, -0.2) is 36.7 Å². The molecule has 1 saturated carbocycles. The standard InChI is InChI=1S/C16H26N2O/c1-4-19-15-9-16(10-15,12-17)18(3)11-14-7-5-13(2)6-8-14/h5-8,15H,4,9-12,17H2,1-3H3. The molecule has 1 aliphatic rings. The molecule has 0 atom stereocenters. The molecule has 0 aliphatic heterocycles. The summed E-state index contributed by atoms with van der Waals surface area (Å²) in [5.41, 5.74) is 8.79. The molecule has 0 saturated heterocycles. The SMILES string of the molecule is CCOC1CC(CN)(N(C)Cc2ccc(C)cc2)C1. The van der Waals surface area contributed by atoms with Crippen molar-refractivity contribution in [1.29, 1.82) is 0 Å². The van der Waals surface area contributed by atoms with Crippen LogP contribution in [0.4, 0.5) is 0 Å². The van der Waals surface area contributed by atoms with Crippen LogP contribution >= 0.6 is 0 Å². The van der Waals surface area contributed by atoms with Gasteiger partial charge in [-0.15, -0.1) is 0 Å². The van der Waals surface area contributed by atoms with Gasteiger partial charge >= 0.3 is 0 Å². The monoisotopic (exact) mass is 262 g/mol. The Morgan fingerprint density at radius 2 is 1.95 bits per heavy atom. The van der Waals surface area contributed by atoms with Crippen molar-refractivity contribution >= 4 is 0 Å². The first-order valence-corrected chi connectivity index (χ1v) is 7.18. The van der Waals surface area contributed by atoms with Crippen LogP contribution in [0.15, 0.2) is 24.3 Å². The fraction of sp³-hybridized carbons (Fsp3) is 0.625. The van der Waals surface area contributed by atoms with Gasteiger partial charge in [0.1, 0.15) is 0 Å². The van der Waals surface area contributed by atoms with E-state index < -0.39 is 0 Å². The van der Waals surface area contributed by atoms with Crippen molar-refractivity contribution in [1.82, 2.24) is 4.90 Å². The first-order valence-electron chi connectivity index (χ1n) is 7.18. The van der Waals surface area contributed by atoms with E-state index in [-0.39, 0.29) is 5.54 Å². The quantitative estimate of drug-likeness (QED) is 0.855. The van der Waals surface area contributed by atoms with Crippen molar-refractivity contribution in [3.8, 4) is 0 Å². The topological polar surface area (TPSA) is 38.5 Å². The van der Waals surface area contributed by atoms with Crippen LogP contribution in [0.25, 0.3) is 0 Å². The molecule has 0 bridgehead atoms. The molecule has 1 fully saturated rings. The van der Waals surface area contributed by atoms with Crippen LogP contribution < -0.4 is 5.73 Å². The summed E-state index contributed by atoms with van der Waals surface area (Å²) in [6, 6.07) is 8.74. The zero-order valence-electron chi connectivity index (χ0n) is 12.4. The Balaban J connectivity index is 1.95. The molecule has 1 aromatic carbocycles. The number of likely N-dealkylation sites (N-methyl/N-ethyl adjacent to an activating group) is 1. The van der Waals surface area contributed by atoms with E-state index in [0.717, 1.165) is 26.0 Å². The maximum atomic E-state index is 6.01. The minimum atomic E-state index is 0.130. The normalized spacial score (nSPS) is 26.5. The van der Waals surface area contributed by atoms with Crippen molar-refractivity contribution in [2.24, 2.45) is 5.73 Å². The zero-order valence-corrected chi connectivity index (χ0v) is 12.4. The summed E-state index contributed by atoms with van der Waals surface area (Å²) in [7, 11) is 2.18. The van der Waals surface area contributed by atoms with Crippen LogP contribution in [-0.2, 0) is 11.3 Å². The van der Waals surface area contributed by atoms with Gasteiger partial charge in [-0.05, 0) is 39.3 Å². The number of nitrogens with two attached hydrogens (primary N) is 1. The van der Waals surface area contributed by atoms with E-state index >= 15 is 0 Å². The van der Waals surface area contributed by atoms with Crippen LogP contribution in [0, 0.1) is 6.92 Å². The van der Waals surface area contributed by atoms with Crippen LogP contribution in [0.5, 0.6) is 0 Å². The van der Waals surface area contributed by atoms with E-state index in [1.54, 1.807) is 0 Å². The van der Waals surface area contributed by atoms with Crippen LogP contribution in [0.3, 0.4) is 0 Å². The average Bonchev–Trinajstić information content (AvgIpc) is 2.36. The second-order valence-electron chi connectivity index (χ2n) is 5.76. The van der Waals surface area contributed by atoms with Crippen LogP contribution in [0.2, 0.25) is 0 Å². The number of benzene rings is 1. The number of hydrogen-bond donors (Lipinski definition) is 1. The van der Waals surface area contributed by atoms with Gasteiger partial charge in [0.05, 0.1) is 6.10 Å². The highest BCUT2D eigenvalue weighted by Crippen LogP contribution is 2.39. The van der Waals surface area contributed by atoms with Gasteiger partial charge in [0, 0.05) is 25.2 Å². The minimum absolute atomic E-state index is 0.130. The average molecular weight is 262 g/mol. The minimum Gasteiger partial charge on any atom is -0.378 e. The molecular formula is C16H26N2O. The molecule has 0 heterocycles. The fourth-order valence-corrected chi connectivity index (χ4v) is 2.91. The van der Waals surface area contributed by atoms with Gasteiger partial charge in [-0.1, -0.05) is 29.8 Å². The van der Waals surface area contributed by atoms with E-state index in [1.165, 1.54) is 11.1 Å². The summed E-state index contributed by atoms with van der Waals surface area (Å²) in [5.74, 6) is 0. The van der Waals surface area contributed by atoms with E-state index in [9.17, 15) is 0 Å². The maximum Gasteiger partial charge on any atom is 0.0611 e. The first kappa shape index (κ1) is 14.5. The van der Waals surface area contributed by atoms with Crippen molar-refractivity contribution in [2.75, 3.05) is 20.2 Å². The Bertz CT molecular complexity index is 396. The third kappa shape index (κ3) is 3.16. The largest absolute Gasteiger partial charge is 0.378 e. The van der Waals surface area contributed by atoms with E-state index in [4.69, 9.17) is 10.5 Å². The number of rotatable bonds is 6. The van der Waals surface area contributed by atoms with Gasteiger partial charge in [0.25, 0.3) is 0 Å². The van der Waals surface area contributed by atoms with Crippen LogP contribution in [0.1, 0.15) is 30.9 Å². The zero-order chi connectivity index (χ0) is 13.9. The molecule has 0 aromatic heterocycles. The highest BCUT2D eigenvalue weighted by molar-refractivity contribution is 5.21. The highest BCUT2D eigenvalue weighted by atomic mass is 16.5. The Hall–Kier alpha value is -0.900. The van der Waals surface area contributed by atoms with Crippen molar-refractivity contribution in [3.05, 3.63) is 35.4 Å². The Kier molecular flexibility index (Phi) is 4.61. The Morgan fingerprint density at radius 3 is 2.47 bits per heavy atom. The summed E-state index contributed by atoms with van der Waals surface area (Å²) in [4.78, 5) is 2.40. The molecule has 2 N–H and O–H groups in total. The van der Waals surface area contributed by atoms with Gasteiger partial charge < -0.3 is 10.5 Å². The second kappa shape index (κ2) is 6.04. The molecule has 3 nitrogen and oxygen atoms in total. The molecule has 2 rings (SSSR count). The van der Waals surface area contributed by atoms with Gasteiger partial charge in [-0.3, -0.25) is 4.90 Å². The summed E-state index contributed by atoms with van der Waals surface area (Å²) in [5, 5.41) is 0. The summed E-state index contributed by atoms with van der Waals surface area (Å²) in [6.07, 6.45) is 2.51. The first-order chi connectivity index (χ1) is 9.09. The summed E-state index contributed by atoms with van der Waals surface area (Å²) >= 11 is 0. The third-order valence-corrected chi connectivity index (χ3v) is 4.35. The lowest BCUT2D eigenvalue weighted by Crippen LogP contribution is -2.62. The molecule has 106 valence electrons. The molecule has 19 heavy (non-hydrogen) atoms. The van der Waals surface area contributed by atoms with E-state index in [1.807, 2.05) is 0 Å². The maximum absolute atomic E-state index is 6.01. The van der Waals surface area contributed by atoms with Gasteiger partial charge in [-0.2, -0.15) is 0 Å². The van der Waals surface area contributed by atoms with E-state index in [2.05, 4.69) is 50.1 Å². The van der Waals surface area contributed by atoms with Crippen molar-refractivity contribution in [3.63, 3.8) is 0 Å². The smallest absolute Gasteiger partial charge is 0.0611 e. The van der Waals surface area contributed by atoms with E-state index in [0.29, 0.717) is 12.6 Å².